The normalized spacial score (nSPS) is 17.2. The van der Waals surface area contributed by atoms with Crippen molar-refractivity contribution in [3.8, 4) is 0 Å². The van der Waals surface area contributed by atoms with Crippen LogP contribution in [0.3, 0.4) is 0 Å². The third-order valence-corrected chi connectivity index (χ3v) is 4.29. The summed E-state index contributed by atoms with van der Waals surface area (Å²) in [6.45, 7) is 4.60. The maximum atomic E-state index is 13.1. The average molecular weight is 384 g/mol. The Bertz CT molecular complexity index is 652. The van der Waals surface area contributed by atoms with E-state index in [1.54, 1.807) is 0 Å². The van der Waals surface area contributed by atoms with Gasteiger partial charge in [0.15, 0.2) is 0 Å². The molecule has 2 aromatic rings. The van der Waals surface area contributed by atoms with Gasteiger partial charge >= 0.3 is 6.18 Å². The minimum Gasteiger partial charge on any atom is -0.358 e. The monoisotopic (exact) mass is 383 g/mol. The molecule has 0 bridgehead atoms. The Morgan fingerprint density at radius 3 is 2.38 bits per heavy atom. The van der Waals surface area contributed by atoms with Crippen molar-refractivity contribution in [1.29, 1.82) is 0 Å². The third kappa shape index (κ3) is 4.57. The van der Waals surface area contributed by atoms with Crippen molar-refractivity contribution in [2.75, 3.05) is 26.2 Å². The van der Waals surface area contributed by atoms with Gasteiger partial charge in [-0.1, -0.05) is 18.2 Å². The number of nitrogens with one attached hydrogen (secondary N) is 2. The molecule has 0 saturated carbocycles. The molecular weight excluding hydrogens is 362 g/mol. The average Bonchev–Trinajstić information content (AvgIpc) is 2.81. The molecule has 1 aliphatic rings. The first-order chi connectivity index (χ1) is 10.5. The number of hydrogen-bond donors (Lipinski definition) is 2. The zero-order chi connectivity index (χ0) is 15.7. The molecule has 136 valence electrons. The number of fused-ring (bicyclic) bond motifs is 1. The van der Waals surface area contributed by atoms with Crippen LogP contribution >= 0.6 is 24.8 Å². The van der Waals surface area contributed by atoms with Gasteiger partial charge in [0, 0.05) is 48.8 Å². The molecule has 0 aliphatic carbocycles. The highest BCUT2D eigenvalue weighted by Crippen LogP contribution is 2.38. The fourth-order valence-corrected chi connectivity index (χ4v) is 3.35. The van der Waals surface area contributed by atoms with Crippen molar-refractivity contribution >= 4 is 35.7 Å². The quantitative estimate of drug-likeness (QED) is 0.831. The molecule has 0 radical (unpaired) electrons. The molecule has 1 aromatic carbocycles. The van der Waals surface area contributed by atoms with Crippen LogP contribution in [0.2, 0.25) is 0 Å². The number of halogens is 5. The Kier molecular flexibility index (Phi) is 7.41. The number of para-hydroxylation sites is 1. The van der Waals surface area contributed by atoms with E-state index in [0.717, 1.165) is 35.2 Å². The Morgan fingerprint density at radius 2 is 1.75 bits per heavy atom. The summed E-state index contributed by atoms with van der Waals surface area (Å²) in [5.41, 5.74) is 2.51. The van der Waals surface area contributed by atoms with Crippen molar-refractivity contribution in [3.05, 3.63) is 35.5 Å². The molecule has 2 N–H and O–H groups in total. The highest BCUT2D eigenvalue weighted by atomic mass is 35.5. The van der Waals surface area contributed by atoms with Gasteiger partial charge in [-0.2, -0.15) is 13.2 Å². The zero-order valence-electron chi connectivity index (χ0n) is 13.3. The Balaban J connectivity index is 0.00000144. The van der Waals surface area contributed by atoms with Gasteiger partial charge in [-0.25, -0.2) is 0 Å². The lowest BCUT2D eigenvalue weighted by Crippen LogP contribution is -2.46. The third-order valence-electron chi connectivity index (χ3n) is 4.29. The summed E-state index contributed by atoms with van der Waals surface area (Å²) in [6, 6.07) is 6.96. The molecule has 3 rings (SSSR count). The molecule has 24 heavy (non-hydrogen) atoms. The second kappa shape index (κ2) is 8.43. The number of rotatable bonds is 3. The van der Waals surface area contributed by atoms with E-state index in [2.05, 4.69) is 10.3 Å². The number of aromatic nitrogens is 1. The lowest BCUT2D eigenvalue weighted by atomic mass is 9.97. The van der Waals surface area contributed by atoms with Crippen LogP contribution in [-0.4, -0.2) is 42.2 Å². The van der Waals surface area contributed by atoms with Gasteiger partial charge in [0.2, 0.25) is 0 Å². The van der Waals surface area contributed by atoms with E-state index < -0.39 is 18.6 Å². The van der Waals surface area contributed by atoms with Crippen LogP contribution in [0, 0.1) is 6.92 Å². The summed E-state index contributed by atoms with van der Waals surface area (Å²) in [7, 11) is 0. The molecule has 1 fully saturated rings. The standard InChI is InChI=1S/C16H20F3N3.2ClH/c1-11-15(12-4-2-3-5-13(12)21-11)14(10-16(17,18)19)22-8-6-20-7-9-22;;/h2-5,14,20-21H,6-10H2,1H3;2*1H/t14-;;/m0../s1. The number of H-pyrrole nitrogens is 1. The van der Waals surface area contributed by atoms with Crippen LogP contribution in [0.15, 0.2) is 24.3 Å². The molecule has 0 spiro atoms. The first kappa shape index (κ1) is 21.1. The fourth-order valence-electron chi connectivity index (χ4n) is 3.35. The van der Waals surface area contributed by atoms with Gasteiger partial charge in [-0.15, -0.1) is 24.8 Å². The van der Waals surface area contributed by atoms with Crippen molar-refractivity contribution in [1.82, 2.24) is 15.2 Å². The first-order valence-electron chi connectivity index (χ1n) is 7.54. The summed E-state index contributed by atoms with van der Waals surface area (Å²) in [5, 5.41) is 4.09. The first-order valence-corrected chi connectivity index (χ1v) is 7.54. The number of benzene rings is 1. The number of hydrogen-bond acceptors (Lipinski definition) is 2. The maximum Gasteiger partial charge on any atom is 0.390 e. The summed E-state index contributed by atoms with van der Waals surface area (Å²) < 4.78 is 39.4. The molecule has 0 amide bonds. The predicted molar refractivity (Wildman–Crippen MR) is 95.4 cm³/mol. The van der Waals surface area contributed by atoms with E-state index >= 15 is 0 Å². The zero-order valence-corrected chi connectivity index (χ0v) is 15.0. The minimum atomic E-state index is -4.18. The van der Waals surface area contributed by atoms with Crippen molar-refractivity contribution in [3.63, 3.8) is 0 Å². The molecule has 1 saturated heterocycles. The second-order valence-electron chi connectivity index (χ2n) is 5.83. The molecule has 0 unspecified atom stereocenters. The largest absolute Gasteiger partial charge is 0.390 e. The Morgan fingerprint density at radius 1 is 1.12 bits per heavy atom. The van der Waals surface area contributed by atoms with Crippen LogP contribution in [-0.2, 0) is 0 Å². The van der Waals surface area contributed by atoms with Gasteiger partial charge in [0.1, 0.15) is 0 Å². The van der Waals surface area contributed by atoms with Gasteiger partial charge < -0.3 is 10.3 Å². The number of aromatic amines is 1. The molecule has 8 heteroatoms. The van der Waals surface area contributed by atoms with Crippen LogP contribution in [0.1, 0.15) is 23.7 Å². The molecule has 1 aromatic heterocycles. The highest BCUT2D eigenvalue weighted by Gasteiger charge is 2.37. The molecule has 1 atom stereocenters. The number of piperazine rings is 1. The lowest BCUT2D eigenvalue weighted by molar-refractivity contribution is -0.148. The number of alkyl halides is 3. The van der Waals surface area contributed by atoms with Gasteiger partial charge in [-0.05, 0) is 18.6 Å². The van der Waals surface area contributed by atoms with E-state index in [1.807, 2.05) is 36.1 Å². The predicted octanol–water partition coefficient (Wildman–Crippen LogP) is 4.22. The molecule has 3 nitrogen and oxygen atoms in total. The van der Waals surface area contributed by atoms with Crippen LogP contribution in [0.5, 0.6) is 0 Å². The summed E-state index contributed by atoms with van der Waals surface area (Å²) in [4.78, 5) is 5.17. The highest BCUT2D eigenvalue weighted by molar-refractivity contribution is 5.86. The van der Waals surface area contributed by atoms with Crippen molar-refractivity contribution in [2.45, 2.75) is 25.6 Å². The lowest BCUT2D eigenvalue weighted by Gasteiger charge is -2.35. The summed E-state index contributed by atoms with van der Waals surface area (Å²) in [6.07, 6.45) is -4.99. The summed E-state index contributed by atoms with van der Waals surface area (Å²) >= 11 is 0. The number of nitrogens with zero attached hydrogens (tertiary/aromatic N) is 1. The van der Waals surface area contributed by atoms with Gasteiger partial charge in [0.25, 0.3) is 0 Å². The van der Waals surface area contributed by atoms with Crippen LogP contribution in [0.25, 0.3) is 10.9 Å². The topological polar surface area (TPSA) is 31.1 Å². The fraction of sp³-hybridized carbons (Fsp3) is 0.500. The van der Waals surface area contributed by atoms with E-state index in [9.17, 15) is 13.2 Å². The van der Waals surface area contributed by atoms with Gasteiger partial charge in [0.05, 0.1) is 6.42 Å². The Hall–Kier alpha value is -0.950. The SMILES string of the molecule is Cc1[nH]c2ccccc2c1[C@H](CC(F)(F)F)N1CCNCC1.Cl.Cl. The van der Waals surface area contributed by atoms with E-state index in [1.165, 1.54) is 0 Å². The Labute approximate surface area is 151 Å². The van der Waals surface area contributed by atoms with E-state index in [0.29, 0.717) is 13.1 Å². The molecule has 1 aliphatic heterocycles. The van der Waals surface area contributed by atoms with E-state index in [4.69, 9.17) is 0 Å². The second-order valence-corrected chi connectivity index (χ2v) is 5.83. The minimum absolute atomic E-state index is 0. The molecule has 2 heterocycles. The van der Waals surface area contributed by atoms with Crippen LogP contribution < -0.4 is 5.32 Å². The molecular formula is C16H22Cl2F3N3. The van der Waals surface area contributed by atoms with Gasteiger partial charge in [-0.3, -0.25) is 4.90 Å². The van der Waals surface area contributed by atoms with Crippen molar-refractivity contribution < 1.29 is 13.2 Å². The van der Waals surface area contributed by atoms with E-state index in [-0.39, 0.29) is 24.8 Å². The van der Waals surface area contributed by atoms with Crippen LogP contribution in [0.4, 0.5) is 13.2 Å². The summed E-state index contributed by atoms with van der Waals surface area (Å²) in [5.74, 6) is 0. The smallest absolute Gasteiger partial charge is 0.358 e. The van der Waals surface area contributed by atoms with Crippen molar-refractivity contribution in [2.24, 2.45) is 0 Å². The maximum absolute atomic E-state index is 13.1. The number of aryl methyl sites for hydroxylation is 1.